The number of ether oxygens (including phenoxy) is 1. The molecule has 3 rings (SSSR count). The lowest BCUT2D eigenvalue weighted by atomic mass is 10.1. The van der Waals surface area contributed by atoms with Crippen LogP contribution in [0.2, 0.25) is 0 Å². The largest absolute Gasteiger partial charge is 0.490 e. The average Bonchev–Trinajstić information content (AvgIpc) is 2.66. The van der Waals surface area contributed by atoms with Crippen molar-refractivity contribution in [1.82, 2.24) is 0 Å². The maximum absolute atomic E-state index is 12.8. The third-order valence-electron chi connectivity index (χ3n) is 4.23. The molecule has 6 nitrogen and oxygen atoms in total. The van der Waals surface area contributed by atoms with E-state index in [1.54, 1.807) is 36.1 Å². The summed E-state index contributed by atoms with van der Waals surface area (Å²) in [4.78, 5) is 14.5. The minimum absolute atomic E-state index is 0.0226. The summed E-state index contributed by atoms with van der Waals surface area (Å²) in [6.45, 7) is 2.51. The maximum atomic E-state index is 12.8. The van der Waals surface area contributed by atoms with Crippen molar-refractivity contribution in [2.45, 2.75) is 6.92 Å². The molecule has 0 aromatic heterocycles. The Hall–Kier alpha value is -2.54. The fourth-order valence-electron chi connectivity index (χ4n) is 2.70. The molecule has 0 fully saturated rings. The van der Waals surface area contributed by atoms with Crippen LogP contribution in [0.25, 0.3) is 0 Å². The van der Waals surface area contributed by atoms with Gasteiger partial charge in [-0.2, -0.15) is 0 Å². The number of hydrogen-bond acceptors (Lipinski definition) is 4. The number of carbonyl (C=O) groups is 1. The number of sulfonamides is 1. The molecule has 2 aromatic rings. The minimum Gasteiger partial charge on any atom is -0.490 e. The number of anilines is 2. The third kappa shape index (κ3) is 3.32. The summed E-state index contributed by atoms with van der Waals surface area (Å²) in [5.41, 5.74) is 1.78. The molecular weight excluding hydrogens is 340 g/mol. The van der Waals surface area contributed by atoms with Gasteiger partial charge in [0.05, 0.1) is 23.7 Å². The number of nitrogens with zero attached hydrogens (tertiary/aromatic N) is 2. The normalized spacial score (nSPS) is 13.8. The molecule has 0 N–H and O–H groups in total. The van der Waals surface area contributed by atoms with Gasteiger partial charge in [0, 0.05) is 12.6 Å². The van der Waals surface area contributed by atoms with Crippen LogP contribution in [0.1, 0.15) is 17.3 Å². The molecular formula is C18H20N2O4S. The highest BCUT2D eigenvalue weighted by Crippen LogP contribution is 2.32. The molecule has 0 radical (unpaired) electrons. The highest BCUT2D eigenvalue weighted by molar-refractivity contribution is 7.92. The highest BCUT2D eigenvalue weighted by atomic mass is 32.2. The number of hydrogen-bond donors (Lipinski definition) is 0. The Labute approximate surface area is 147 Å². The summed E-state index contributed by atoms with van der Waals surface area (Å²) in [5.74, 6) is 0.574. The van der Waals surface area contributed by atoms with Crippen LogP contribution < -0.4 is 13.9 Å². The van der Waals surface area contributed by atoms with E-state index in [0.29, 0.717) is 30.2 Å². The summed E-state index contributed by atoms with van der Waals surface area (Å²) in [6.07, 6.45) is 0. The average molecular weight is 360 g/mol. The predicted octanol–water partition coefficient (Wildman–Crippen LogP) is 2.51. The second-order valence-corrected chi connectivity index (χ2v) is 7.98. The standard InChI is InChI=1S/C18H20N2O4S/c1-3-25(22,23)19(2)15-10-8-14(9-11-15)18(21)20-12-13-24-17-7-5-4-6-16(17)20/h4-11H,3,12-13H2,1-2H3. The topological polar surface area (TPSA) is 66.9 Å². The Kier molecular flexibility index (Phi) is 4.67. The van der Waals surface area contributed by atoms with E-state index >= 15 is 0 Å². The van der Waals surface area contributed by atoms with Gasteiger partial charge in [-0.05, 0) is 43.3 Å². The molecule has 1 aliphatic rings. The van der Waals surface area contributed by atoms with Gasteiger partial charge in [-0.15, -0.1) is 0 Å². The van der Waals surface area contributed by atoms with Gasteiger partial charge in [-0.3, -0.25) is 9.10 Å². The number of rotatable bonds is 4. The van der Waals surface area contributed by atoms with E-state index in [1.165, 1.54) is 11.4 Å². The fourth-order valence-corrected chi connectivity index (χ4v) is 3.53. The minimum atomic E-state index is -3.32. The lowest BCUT2D eigenvalue weighted by Gasteiger charge is -2.29. The van der Waals surface area contributed by atoms with Gasteiger partial charge in [0.15, 0.2) is 0 Å². The van der Waals surface area contributed by atoms with Crippen molar-refractivity contribution in [2.24, 2.45) is 0 Å². The van der Waals surface area contributed by atoms with Crippen molar-refractivity contribution >= 4 is 27.3 Å². The molecule has 132 valence electrons. The van der Waals surface area contributed by atoms with E-state index in [2.05, 4.69) is 0 Å². The number of amides is 1. The van der Waals surface area contributed by atoms with E-state index in [9.17, 15) is 13.2 Å². The van der Waals surface area contributed by atoms with Crippen LogP contribution in [0.15, 0.2) is 48.5 Å². The molecule has 0 aliphatic carbocycles. The van der Waals surface area contributed by atoms with Crippen molar-refractivity contribution in [3.63, 3.8) is 0 Å². The van der Waals surface area contributed by atoms with Gasteiger partial charge in [0.25, 0.3) is 5.91 Å². The van der Waals surface area contributed by atoms with E-state index in [-0.39, 0.29) is 11.7 Å². The Balaban J connectivity index is 1.85. The second-order valence-electron chi connectivity index (χ2n) is 5.69. The van der Waals surface area contributed by atoms with Crippen molar-refractivity contribution in [1.29, 1.82) is 0 Å². The van der Waals surface area contributed by atoms with Crippen molar-refractivity contribution in [2.75, 3.05) is 35.2 Å². The molecule has 0 atom stereocenters. The van der Waals surface area contributed by atoms with Gasteiger partial charge in [0.2, 0.25) is 10.0 Å². The van der Waals surface area contributed by atoms with Crippen LogP contribution in [0, 0.1) is 0 Å². The predicted molar refractivity (Wildman–Crippen MR) is 97.9 cm³/mol. The van der Waals surface area contributed by atoms with Crippen LogP contribution in [0.4, 0.5) is 11.4 Å². The van der Waals surface area contributed by atoms with Crippen molar-refractivity contribution in [3.8, 4) is 5.75 Å². The lowest BCUT2D eigenvalue weighted by Crippen LogP contribution is -2.37. The molecule has 25 heavy (non-hydrogen) atoms. The van der Waals surface area contributed by atoms with E-state index in [1.807, 2.05) is 24.3 Å². The Bertz CT molecular complexity index is 878. The molecule has 0 unspecified atom stereocenters. The molecule has 0 saturated heterocycles. The first kappa shape index (κ1) is 17.3. The smallest absolute Gasteiger partial charge is 0.258 e. The monoisotopic (exact) mass is 360 g/mol. The quantitative estimate of drug-likeness (QED) is 0.840. The number of carbonyl (C=O) groups excluding carboxylic acids is 1. The van der Waals surface area contributed by atoms with Crippen LogP contribution in [0.3, 0.4) is 0 Å². The molecule has 7 heteroatoms. The first-order chi connectivity index (χ1) is 11.9. The molecule has 0 saturated carbocycles. The first-order valence-corrected chi connectivity index (χ1v) is 9.65. The maximum Gasteiger partial charge on any atom is 0.258 e. The SMILES string of the molecule is CCS(=O)(=O)N(C)c1ccc(C(=O)N2CCOc3ccccc32)cc1. The van der Waals surface area contributed by atoms with Gasteiger partial charge >= 0.3 is 0 Å². The van der Waals surface area contributed by atoms with E-state index in [0.717, 1.165) is 5.69 Å². The first-order valence-electron chi connectivity index (χ1n) is 8.04. The van der Waals surface area contributed by atoms with Gasteiger partial charge in [0.1, 0.15) is 12.4 Å². The van der Waals surface area contributed by atoms with Gasteiger partial charge < -0.3 is 9.64 Å². The molecule has 0 spiro atoms. The Morgan fingerprint density at radius 2 is 1.84 bits per heavy atom. The van der Waals surface area contributed by atoms with Crippen LogP contribution >= 0.6 is 0 Å². The van der Waals surface area contributed by atoms with E-state index in [4.69, 9.17) is 4.74 Å². The molecule has 0 bridgehead atoms. The van der Waals surface area contributed by atoms with Gasteiger partial charge in [-0.1, -0.05) is 12.1 Å². The number of para-hydroxylation sites is 2. The lowest BCUT2D eigenvalue weighted by molar-refractivity contribution is 0.0976. The highest BCUT2D eigenvalue weighted by Gasteiger charge is 2.24. The molecule has 1 aliphatic heterocycles. The Morgan fingerprint density at radius 3 is 2.52 bits per heavy atom. The number of benzene rings is 2. The molecule has 1 amide bonds. The summed E-state index contributed by atoms with van der Waals surface area (Å²) in [5, 5.41) is 0. The fraction of sp³-hybridized carbons (Fsp3) is 0.278. The zero-order valence-corrected chi connectivity index (χ0v) is 15.0. The van der Waals surface area contributed by atoms with Crippen LogP contribution in [-0.4, -0.2) is 40.3 Å². The van der Waals surface area contributed by atoms with E-state index < -0.39 is 10.0 Å². The third-order valence-corrected chi connectivity index (χ3v) is 6.01. The van der Waals surface area contributed by atoms with Crippen LogP contribution in [-0.2, 0) is 10.0 Å². The summed E-state index contributed by atoms with van der Waals surface area (Å²) >= 11 is 0. The van der Waals surface area contributed by atoms with Gasteiger partial charge in [-0.25, -0.2) is 8.42 Å². The zero-order chi connectivity index (χ0) is 18.0. The summed E-state index contributed by atoms with van der Waals surface area (Å²) in [6, 6.07) is 14.0. The van der Waals surface area contributed by atoms with Crippen LogP contribution in [0.5, 0.6) is 5.75 Å². The Morgan fingerprint density at radius 1 is 1.16 bits per heavy atom. The zero-order valence-electron chi connectivity index (χ0n) is 14.2. The summed E-state index contributed by atoms with van der Waals surface area (Å²) in [7, 11) is -1.82. The van der Waals surface area contributed by atoms with Crippen molar-refractivity contribution in [3.05, 3.63) is 54.1 Å². The second kappa shape index (κ2) is 6.76. The van der Waals surface area contributed by atoms with Crippen molar-refractivity contribution < 1.29 is 17.9 Å². The summed E-state index contributed by atoms with van der Waals surface area (Å²) < 4.78 is 30.7. The number of fused-ring (bicyclic) bond motifs is 1. The molecule has 2 aromatic carbocycles. The molecule has 1 heterocycles.